The lowest BCUT2D eigenvalue weighted by atomic mass is 10.1. The van der Waals surface area contributed by atoms with Crippen LogP contribution in [-0.4, -0.2) is 21.1 Å². The molecular formula is C18H14F6N2O3S. The summed E-state index contributed by atoms with van der Waals surface area (Å²) in [4.78, 5) is 1.69. The van der Waals surface area contributed by atoms with Crippen LogP contribution in [0.4, 0.5) is 32.0 Å². The molecule has 0 aliphatic carbocycles. The third-order valence-corrected chi connectivity index (χ3v) is 6.36. The molecule has 2 heterocycles. The molecule has 1 unspecified atom stereocenters. The summed E-state index contributed by atoms with van der Waals surface area (Å²) in [6, 6.07) is 4.67. The first kappa shape index (κ1) is 20.8. The van der Waals surface area contributed by atoms with E-state index in [-0.39, 0.29) is 22.9 Å². The van der Waals surface area contributed by atoms with E-state index in [1.54, 1.807) is 0 Å². The highest BCUT2D eigenvalue weighted by Crippen LogP contribution is 2.41. The van der Waals surface area contributed by atoms with Crippen molar-refractivity contribution < 1.29 is 39.5 Å². The smallest absolute Gasteiger partial charge is 0.416 e. The van der Waals surface area contributed by atoms with Gasteiger partial charge in [0.05, 0.1) is 23.0 Å². The second-order valence-corrected chi connectivity index (χ2v) is 8.63. The van der Waals surface area contributed by atoms with Crippen LogP contribution in [0.1, 0.15) is 24.0 Å². The number of halogens is 6. The first-order valence-corrected chi connectivity index (χ1v) is 10.2. The fraction of sp³-hybridized carbons (Fsp3) is 0.333. The van der Waals surface area contributed by atoms with Crippen molar-refractivity contribution in [2.24, 2.45) is 0 Å². The molecule has 4 rings (SSSR count). The maximum Gasteiger partial charge on any atom is 0.416 e. The second-order valence-electron chi connectivity index (χ2n) is 6.95. The molecule has 12 heteroatoms. The predicted octanol–water partition coefficient (Wildman–Crippen LogP) is 4.73. The number of fused-ring (bicyclic) bond motifs is 3. The third kappa shape index (κ3) is 3.81. The minimum absolute atomic E-state index is 0.0123. The van der Waals surface area contributed by atoms with Gasteiger partial charge in [0.2, 0.25) is 10.0 Å². The van der Waals surface area contributed by atoms with E-state index in [0.717, 1.165) is 12.5 Å². The van der Waals surface area contributed by atoms with Gasteiger partial charge in [-0.2, -0.15) is 31.1 Å². The number of rotatable bonds is 2. The fourth-order valence-corrected chi connectivity index (χ4v) is 5.01. The van der Waals surface area contributed by atoms with Crippen molar-refractivity contribution in [2.45, 2.75) is 36.3 Å². The summed E-state index contributed by atoms with van der Waals surface area (Å²) in [6.07, 6.45) is -9.02. The van der Waals surface area contributed by atoms with Crippen molar-refractivity contribution in [1.29, 1.82) is 0 Å². The third-order valence-electron chi connectivity index (χ3n) is 4.87. The van der Waals surface area contributed by atoms with E-state index < -0.39 is 39.3 Å². The Morgan fingerprint density at radius 2 is 1.57 bits per heavy atom. The molecule has 0 aromatic heterocycles. The van der Waals surface area contributed by atoms with Gasteiger partial charge in [-0.25, -0.2) is 8.42 Å². The highest BCUT2D eigenvalue weighted by Gasteiger charge is 2.39. The van der Waals surface area contributed by atoms with E-state index in [1.165, 1.54) is 12.1 Å². The van der Waals surface area contributed by atoms with Crippen molar-refractivity contribution in [3.05, 3.63) is 47.5 Å². The fourth-order valence-electron chi connectivity index (χ4n) is 3.55. The van der Waals surface area contributed by atoms with Crippen molar-refractivity contribution in [1.82, 2.24) is 4.72 Å². The van der Waals surface area contributed by atoms with Gasteiger partial charge in [0, 0.05) is 12.6 Å². The molecule has 2 aliphatic heterocycles. The first-order valence-electron chi connectivity index (χ1n) is 8.75. The van der Waals surface area contributed by atoms with E-state index in [9.17, 15) is 34.8 Å². The Kier molecular flexibility index (Phi) is 4.69. The number of ether oxygens (including phenoxy) is 1. The van der Waals surface area contributed by atoms with Crippen LogP contribution in [0, 0.1) is 0 Å². The minimum Gasteiger partial charge on any atom is -0.457 e. The molecule has 2 aliphatic rings. The number of sulfonamides is 1. The van der Waals surface area contributed by atoms with Gasteiger partial charge in [0.15, 0.2) is 0 Å². The topological polar surface area (TPSA) is 58.6 Å². The van der Waals surface area contributed by atoms with Crippen molar-refractivity contribution in [2.75, 3.05) is 11.4 Å². The van der Waals surface area contributed by atoms with Crippen molar-refractivity contribution in [3.8, 4) is 11.5 Å². The molecule has 0 spiro atoms. The number of nitrogens with zero attached hydrogens (tertiary/aromatic N) is 1. The second kappa shape index (κ2) is 6.77. The van der Waals surface area contributed by atoms with Gasteiger partial charge in [-0.1, -0.05) is 0 Å². The number of hydrogen-bond acceptors (Lipinski definition) is 4. The molecule has 30 heavy (non-hydrogen) atoms. The maximum atomic E-state index is 13.0. The molecule has 0 saturated carbocycles. The Morgan fingerprint density at radius 1 is 0.933 bits per heavy atom. The molecule has 1 N–H and O–H groups in total. The largest absolute Gasteiger partial charge is 0.457 e. The molecule has 5 nitrogen and oxygen atoms in total. The summed E-state index contributed by atoms with van der Waals surface area (Å²) >= 11 is 0. The highest BCUT2D eigenvalue weighted by atomic mass is 32.2. The van der Waals surface area contributed by atoms with Gasteiger partial charge in [0.25, 0.3) is 0 Å². The van der Waals surface area contributed by atoms with Crippen LogP contribution in [0.3, 0.4) is 0 Å². The summed E-state index contributed by atoms with van der Waals surface area (Å²) in [7, 11) is -3.91. The van der Waals surface area contributed by atoms with E-state index in [0.29, 0.717) is 30.8 Å². The summed E-state index contributed by atoms with van der Waals surface area (Å²) in [5.41, 5.74) is -2.65. The average molecular weight is 452 g/mol. The molecule has 0 radical (unpaired) electrons. The lowest BCUT2D eigenvalue weighted by Crippen LogP contribution is -2.48. The predicted molar refractivity (Wildman–Crippen MR) is 93.7 cm³/mol. The number of nitrogens with one attached hydrogen (secondary N) is 1. The zero-order valence-corrected chi connectivity index (χ0v) is 15.8. The van der Waals surface area contributed by atoms with E-state index in [1.807, 2.05) is 4.90 Å². The number of alkyl halides is 6. The van der Waals surface area contributed by atoms with Gasteiger partial charge >= 0.3 is 12.4 Å². The van der Waals surface area contributed by atoms with E-state index in [4.69, 9.17) is 4.74 Å². The first-order chi connectivity index (χ1) is 13.8. The molecule has 2 aromatic carbocycles. The summed E-state index contributed by atoms with van der Waals surface area (Å²) in [5.74, 6) is -0.915. The lowest BCUT2D eigenvalue weighted by Gasteiger charge is -2.34. The van der Waals surface area contributed by atoms with Crippen molar-refractivity contribution >= 4 is 15.7 Å². The molecular weight excluding hydrogens is 438 g/mol. The van der Waals surface area contributed by atoms with Crippen LogP contribution in [-0.2, 0) is 22.4 Å². The standard InChI is InChI=1S/C18H14F6N2O3S/c19-17(20,21)10-6-11(18(22,23)24)8-13(7-10)29-12-3-4-14-15(9-12)30(27,28)25-16-2-1-5-26(14)16/h3-4,6-9,16,25H,1-2,5H2. The molecule has 0 bridgehead atoms. The zero-order valence-electron chi connectivity index (χ0n) is 15.0. The molecule has 1 fully saturated rings. The van der Waals surface area contributed by atoms with Gasteiger partial charge < -0.3 is 9.64 Å². The molecule has 2 aromatic rings. The Hall–Kier alpha value is -2.47. The van der Waals surface area contributed by atoms with Crippen molar-refractivity contribution in [3.63, 3.8) is 0 Å². The molecule has 1 atom stereocenters. The quantitative estimate of drug-likeness (QED) is 0.670. The molecule has 1 saturated heterocycles. The lowest BCUT2D eigenvalue weighted by molar-refractivity contribution is -0.143. The number of hydrogen-bond donors (Lipinski definition) is 1. The van der Waals surface area contributed by atoms with Crippen LogP contribution >= 0.6 is 0 Å². The molecule has 0 amide bonds. The van der Waals surface area contributed by atoms with E-state index in [2.05, 4.69) is 4.72 Å². The normalized spacial score (nSPS) is 20.6. The molecule has 162 valence electrons. The number of benzene rings is 2. The van der Waals surface area contributed by atoms with Crippen LogP contribution in [0.2, 0.25) is 0 Å². The minimum atomic E-state index is -5.02. The van der Waals surface area contributed by atoms with Crippen LogP contribution < -0.4 is 14.4 Å². The summed E-state index contributed by atoms with van der Waals surface area (Å²) in [5, 5.41) is 0. The number of anilines is 1. The summed E-state index contributed by atoms with van der Waals surface area (Å²) < 4.78 is 111. The van der Waals surface area contributed by atoms with E-state index >= 15 is 0 Å². The Balaban J connectivity index is 1.74. The van der Waals surface area contributed by atoms with Crippen LogP contribution in [0.5, 0.6) is 11.5 Å². The van der Waals surface area contributed by atoms with Gasteiger partial charge in [0.1, 0.15) is 16.4 Å². The SMILES string of the molecule is O=S1(=O)NC2CCCN2c2ccc(Oc3cc(C(F)(F)F)cc(C(F)(F)F)c3)cc21. The monoisotopic (exact) mass is 452 g/mol. The van der Waals surface area contributed by atoms with Gasteiger partial charge in [-0.05, 0) is 43.2 Å². The maximum absolute atomic E-state index is 13.0. The Labute approximate surface area is 167 Å². The summed E-state index contributed by atoms with van der Waals surface area (Å²) in [6.45, 7) is 0.614. The van der Waals surface area contributed by atoms with Gasteiger partial charge in [-0.15, -0.1) is 0 Å². The Bertz CT molecular complexity index is 1070. The van der Waals surface area contributed by atoms with Crippen LogP contribution in [0.15, 0.2) is 41.3 Å². The Morgan fingerprint density at radius 3 is 2.17 bits per heavy atom. The van der Waals surface area contributed by atoms with Gasteiger partial charge in [-0.3, -0.25) is 0 Å². The highest BCUT2D eigenvalue weighted by molar-refractivity contribution is 7.89. The average Bonchev–Trinajstić information content (AvgIpc) is 3.07. The van der Waals surface area contributed by atoms with Crippen LogP contribution in [0.25, 0.3) is 0 Å². The zero-order chi connectivity index (χ0) is 21.9.